The maximum Gasteiger partial charge on any atom is 0.0586 e. The fraction of sp³-hybridized carbons (Fsp3) is 1.00. The van der Waals surface area contributed by atoms with Crippen LogP contribution >= 0.6 is 0 Å². The van der Waals surface area contributed by atoms with E-state index in [2.05, 4.69) is 10.2 Å². The maximum atomic E-state index is 9.15. The summed E-state index contributed by atoms with van der Waals surface area (Å²) in [6.07, 6.45) is 5.08. The van der Waals surface area contributed by atoms with Gasteiger partial charge in [0.25, 0.3) is 0 Å². The molecule has 2 aliphatic heterocycles. The van der Waals surface area contributed by atoms with Crippen molar-refractivity contribution in [2.45, 2.75) is 37.8 Å². The van der Waals surface area contributed by atoms with Gasteiger partial charge in [-0.2, -0.15) is 0 Å². The topological polar surface area (TPSA) is 35.5 Å². The summed E-state index contributed by atoms with van der Waals surface area (Å²) < 4.78 is 0. The number of rotatable bonds is 3. The average Bonchev–Trinajstić information content (AvgIpc) is 2.76. The second-order valence-corrected chi connectivity index (χ2v) is 4.27. The van der Waals surface area contributed by atoms with E-state index in [4.69, 9.17) is 5.11 Å². The van der Waals surface area contributed by atoms with Crippen molar-refractivity contribution < 1.29 is 5.11 Å². The summed E-state index contributed by atoms with van der Waals surface area (Å²) in [7, 11) is 0. The molecule has 0 radical (unpaired) electrons. The second-order valence-electron chi connectivity index (χ2n) is 4.27. The molecule has 0 saturated carbocycles. The van der Waals surface area contributed by atoms with Crippen molar-refractivity contribution in [3.8, 4) is 0 Å². The van der Waals surface area contributed by atoms with E-state index in [1.165, 1.54) is 38.8 Å². The van der Waals surface area contributed by atoms with E-state index in [1.54, 1.807) is 0 Å². The summed E-state index contributed by atoms with van der Waals surface area (Å²) in [6.45, 7) is 3.85. The van der Waals surface area contributed by atoms with Gasteiger partial charge < -0.3 is 10.4 Å². The zero-order chi connectivity index (χ0) is 9.10. The van der Waals surface area contributed by atoms with E-state index in [1.807, 2.05) is 0 Å². The number of likely N-dealkylation sites (tertiary alicyclic amines) is 1. The molecule has 0 aromatic rings. The number of hydrogen-bond donors (Lipinski definition) is 2. The quantitative estimate of drug-likeness (QED) is 0.657. The van der Waals surface area contributed by atoms with Gasteiger partial charge in [0.05, 0.1) is 6.61 Å². The molecule has 2 heterocycles. The van der Waals surface area contributed by atoms with Crippen molar-refractivity contribution in [2.75, 3.05) is 26.2 Å². The van der Waals surface area contributed by atoms with Crippen LogP contribution in [0.15, 0.2) is 0 Å². The van der Waals surface area contributed by atoms with Crippen LogP contribution in [0, 0.1) is 0 Å². The third-order valence-electron chi connectivity index (χ3n) is 3.33. The molecule has 0 aromatic carbocycles. The summed E-state index contributed by atoms with van der Waals surface area (Å²) in [5.74, 6) is 0. The van der Waals surface area contributed by atoms with E-state index < -0.39 is 0 Å². The Labute approximate surface area is 80.1 Å². The van der Waals surface area contributed by atoms with Crippen LogP contribution in [0.5, 0.6) is 0 Å². The van der Waals surface area contributed by atoms with E-state index in [0.29, 0.717) is 18.7 Å². The largest absolute Gasteiger partial charge is 0.395 e. The van der Waals surface area contributed by atoms with Crippen molar-refractivity contribution in [3.63, 3.8) is 0 Å². The molecule has 0 aliphatic carbocycles. The minimum Gasteiger partial charge on any atom is -0.395 e. The standard InChI is InChI=1S/C10H20N2O/c13-8-10-4-2-6-12(10)7-9-3-1-5-11-9/h9-11,13H,1-8H2/t9?,10-/m0/s1. The number of nitrogens with zero attached hydrogens (tertiary/aromatic N) is 1. The molecular weight excluding hydrogens is 164 g/mol. The molecule has 0 aromatic heterocycles. The number of aliphatic hydroxyl groups is 1. The molecular formula is C10H20N2O. The van der Waals surface area contributed by atoms with Crippen molar-refractivity contribution in [3.05, 3.63) is 0 Å². The lowest BCUT2D eigenvalue weighted by atomic mass is 10.2. The van der Waals surface area contributed by atoms with Crippen molar-refractivity contribution >= 4 is 0 Å². The fourth-order valence-corrected chi connectivity index (χ4v) is 2.54. The molecule has 3 nitrogen and oxygen atoms in total. The van der Waals surface area contributed by atoms with Gasteiger partial charge in [-0.25, -0.2) is 0 Å². The molecule has 0 spiro atoms. The summed E-state index contributed by atoms with van der Waals surface area (Å²) in [5.41, 5.74) is 0. The van der Waals surface area contributed by atoms with Gasteiger partial charge in [0.1, 0.15) is 0 Å². The third-order valence-corrected chi connectivity index (χ3v) is 3.33. The van der Waals surface area contributed by atoms with Crippen LogP contribution in [0.2, 0.25) is 0 Å². The van der Waals surface area contributed by atoms with Gasteiger partial charge in [0, 0.05) is 18.6 Å². The molecule has 0 amide bonds. The highest BCUT2D eigenvalue weighted by molar-refractivity contribution is 4.84. The smallest absolute Gasteiger partial charge is 0.0586 e. The molecule has 2 saturated heterocycles. The lowest BCUT2D eigenvalue weighted by Crippen LogP contribution is -2.41. The van der Waals surface area contributed by atoms with Crippen molar-refractivity contribution in [2.24, 2.45) is 0 Å². The Balaban J connectivity index is 1.79. The molecule has 0 bridgehead atoms. The molecule has 2 aliphatic rings. The Bertz CT molecular complexity index is 157. The maximum absolute atomic E-state index is 9.15. The summed E-state index contributed by atoms with van der Waals surface area (Å²) in [6, 6.07) is 1.13. The van der Waals surface area contributed by atoms with Crippen LogP contribution in [0.25, 0.3) is 0 Å². The van der Waals surface area contributed by atoms with E-state index in [0.717, 1.165) is 6.54 Å². The second kappa shape index (κ2) is 4.40. The predicted octanol–water partition coefficient (Wildman–Crippen LogP) is 0.195. The van der Waals surface area contributed by atoms with Gasteiger partial charge in [-0.05, 0) is 38.8 Å². The summed E-state index contributed by atoms with van der Waals surface area (Å²) in [4.78, 5) is 2.45. The Morgan fingerprint density at radius 3 is 2.92 bits per heavy atom. The SMILES string of the molecule is OC[C@@H]1CCCN1CC1CCCN1. The van der Waals surface area contributed by atoms with Crippen LogP contribution in [0.1, 0.15) is 25.7 Å². The Morgan fingerprint density at radius 1 is 1.31 bits per heavy atom. The molecule has 2 atom stereocenters. The molecule has 1 unspecified atom stereocenters. The lowest BCUT2D eigenvalue weighted by Gasteiger charge is -2.25. The number of hydrogen-bond acceptors (Lipinski definition) is 3. The summed E-state index contributed by atoms with van der Waals surface area (Å²) in [5, 5.41) is 12.7. The number of aliphatic hydroxyl groups excluding tert-OH is 1. The molecule has 2 N–H and O–H groups in total. The monoisotopic (exact) mass is 184 g/mol. The van der Waals surface area contributed by atoms with E-state index >= 15 is 0 Å². The molecule has 2 fully saturated rings. The number of nitrogens with one attached hydrogen (secondary N) is 1. The molecule has 2 rings (SSSR count). The molecule has 3 heteroatoms. The van der Waals surface area contributed by atoms with Crippen LogP contribution in [0.3, 0.4) is 0 Å². The van der Waals surface area contributed by atoms with Gasteiger partial charge in [-0.3, -0.25) is 4.90 Å². The first kappa shape index (κ1) is 9.44. The molecule has 13 heavy (non-hydrogen) atoms. The van der Waals surface area contributed by atoms with Gasteiger partial charge in [0.15, 0.2) is 0 Å². The first-order chi connectivity index (χ1) is 6.40. The highest BCUT2D eigenvalue weighted by atomic mass is 16.3. The van der Waals surface area contributed by atoms with E-state index in [9.17, 15) is 0 Å². The van der Waals surface area contributed by atoms with Crippen LogP contribution < -0.4 is 5.32 Å². The normalized spacial score (nSPS) is 35.8. The van der Waals surface area contributed by atoms with Gasteiger partial charge in [-0.15, -0.1) is 0 Å². The van der Waals surface area contributed by atoms with E-state index in [-0.39, 0.29) is 0 Å². The Hall–Kier alpha value is -0.120. The first-order valence-corrected chi connectivity index (χ1v) is 5.48. The van der Waals surface area contributed by atoms with Crippen LogP contribution in [0.4, 0.5) is 0 Å². The van der Waals surface area contributed by atoms with Gasteiger partial charge in [-0.1, -0.05) is 0 Å². The van der Waals surface area contributed by atoms with Crippen LogP contribution in [-0.2, 0) is 0 Å². The third kappa shape index (κ3) is 2.22. The van der Waals surface area contributed by atoms with Crippen LogP contribution in [-0.4, -0.2) is 48.3 Å². The van der Waals surface area contributed by atoms with Gasteiger partial charge >= 0.3 is 0 Å². The lowest BCUT2D eigenvalue weighted by molar-refractivity contribution is 0.150. The minimum absolute atomic E-state index is 0.340. The Kier molecular flexibility index (Phi) is 3.19. The average molecular weight is 184 g/mol. The zero-order valence-corrected chi connectivity index (χ0v) is 8.21. The Morgan fingerprint density at radius 2 is 2.23 bits per heavy atom. The van der Waals surface area contributed by atoms with Crippen molar-refractivity contribution in [1.82, 2.24) is 10.2 Å². The zero-order valence-electron chi connectivity index (χ0n) is 8.21. The molecule has 76 valence electrons. The predicted molar refractivity (Wildman–Crippen MR) is 52.7 cm³/mol. The fourth-order valence-electron chi connectivity index (χ4n) is 2.54. The highest BCUT2D eigenvalue weighted by Gasteiger charge is 2.26. The highest BCUT2D eigenvalue weighted by Crippen LogP contribution is 2.18. The van der Waals surface area contributed by atoms with Crippen molar-refractivity contribution in [1.29, 1.82) is 0 Å². The van der Waals surface area contributed by atoms with Gasteiger partial charge in [0.2, 0.25) is 0 Å². The minimum atomic E-state index is 0.340. The summed E-state index contributed by atoms with van der Waals surface area (Å²) >= 11 is 0. The first-order valence-electron chi connectivity index (χ1n) is 5.48.